The highest BCUT2D eigenvalue weighted by molar-refractivity contribution is 6.31. The van der Waals surface area contributed by atoms with Crippen molar-refractivity contribution in [1.82, 2.24) is 0 Å². The molecule has 2 aromatic carbocycles. The van der Waals surface area contributed by atoms with E-state index >= 15 is 0 Å². The van der Waals surface area contributed by atoms with E-state index in [2.05, 4.69) is 5.32 Å². The van der Waals surface area contributed by atoms with Crippen molar-refractivity contribution in [2.45, 2.75) is 26.7 Å². The van der Waals surface area contributed by atoms with Crippen LogP contribution < -0.4 is 15.0 Å². The van der Waals surface area contributed by atoms with Crippen LogP contribution in [-0.2, 0) is 9.53 Å². The van der Waals surface area contributed by atoms with Gasteiger partial charge < -0.3 is 19.7 Å². The molecule has 0 aliphatic carbocycles. The Bertz CT molecular complexity index is 883. The summed E-state index contributed by atoms with van der Waals surface area (Å²) in [5, 5.41) is 3.35. The molecule has 1 N–H and O–H groups in total. The predicted octanol–water partition coefficient (Wildman–Crippen LogP) is 4.77. The number of benzene rings is 2. The molecule has 1 aliphatic heterocycles. The summed E-state index contributed by atoms with van der Waals surface area (Å²) in [7, 11) is 0. The molecule has 1 fully saturated rings. The van der Waals surface area contributed by atoms with Crippen LogP contribution in [0.1, 0.15) is 30.9 Å². The van der Waals surface area contributed by atoms with Gasteiger partial charge in [0.2, 0.25) is 0 Å². The highest BCUT2D eigenvalue weighted by atomic mass is 35.5. The summed E-state index contributed by atoms with van der Waals surface area (Å²) in [5.74, 6) is 0.103. The first kappa shape index (κ1) is 21.4. The number of aryl methyl sites for hydroxylation is 1. The SMILES string of the molecule is Cc1cc(OCC(=O)Nc2ccc(N3CCOCC3)c(F)c2)c(C(C)C)cc1Cl. The largest absolute Gasteiger partial charge is 0.483 e. The number of ether oxygens (including phenoxy) is 2. The minimum absolute atomic E-state index is 0.173. The number of anilines is 2. The van der Waals surface area contributed by atoms with Gasteiger partial charge in [0.15, 0.2) is 6.61 Å². The first-order chi connectivity index (χ1) is 13.8. The molecule has 1 aliphatic rings. The van der Waals surface area contributed by atoms with Crippen LogP contribution in [0.4, 0.5) is 15.8 Å². The van der Waals surface area contributed by atoms with E-state index < -0.39 is 0 Å². The van der Waals surface area contributed by atoms with Gasteiger partial charge in [-0.05, 0) is 54.3 Å². The molecule has 0 aromatic heterocycles. The Balaban J connectivity index is 1.63. The first-order valence-electron chi connectivity index (χ1n) is 9.70. The van der Waals surface area contributed by atoms with Gasteiger partial charge in [0, 0.05) is 23.8 Å². The maximum Gasteiger partial charge on any atom is 0.262 e. The molecule has 0 unspecified atom stereocenters. The average Bonchev–Trinajstić information content (AvgIpc) is 2.69. The lowest BCUT2D eigenvalue weighted by molar-refractivity contribution is -0.118. The number of hydrogen-bond donors (Lipinski definition) is 1. The van der Waals surface area contributed by atoms with Crippen molar-refractivity contribution < 1.29 is 18.7 Å². The monoisotopic (exact) mass is 420 g/mol. The molecule has 1 heterocycles. The number of hydrogen-bond acceptors (Lipinski definition) is 4. The van der Waals surface area contributed by atoms with Gasteiger partial charge in [0.25, 0.3) is 5.91 Å². The van der Waals surface area contributed by atoms with Crippen molar-refractivity contribution in [3.8, 4) is 5.75 Å². The third-order valence-electron chi connectivity index (χ3n) is 4.86. The summed E-state index contributed by atoms with van der Waals surface area (Å²) in [5.41, 5.74) is 2.73. The van der Waals surface area contributed by atoms with E-state index in [1.165, 1.54) is 6.07 Å². The van der Waals surface area contributed by atoms with Crippen LogP contribution in [0.15, 0.2) is 30.3 Å². The van der Waals surface area contributed by atoms with Crippen molar-refractivity contribution in [1.29, 1.82) is 0 Å². The van der Waals surface area contributed by atoms with E-state index in [9.17, 15) is 9.18 Å². The number of nitrogens with one attached hydrogen (secondary N) is 1. The highest BCUT2D eigenvalue weighted by Gasteiger charge is 2.16. The van der Waals surface area contributed by atoms with Crippen molar-refractivity contribution in [3.63, 3.8) is 0 Å². The van der Waals surface area contributed by atoms with E-state index in [4.69, 9.17) is 21.1 Å². The zero-order valence-electron chi connectivity index (χ0n) is 16.9. The lowest BCUT2D eigenvalue weighted by Crippen LogP contribution is -2.36. The normalized spacial score (nSPS) is 14.2. The number of rotatable bonds is 6. The van der Waals surface area contributed by atoms with Crippen LogP contribution in [0.25, 0.3) is 0 Å². The molecule has 3 rings (SSSR count). The van der Waals surface area contributed by atoms with Gasteiger partial charge >= 0.3 is 0 Å². The van der Waals surface area contributed by atoms with Gasteiger partial charge in [0.1, 0.15) is 11.6 Å². The second kappa shape index (κ2) is 9.46. The van der Waals surface area contributed by atoms with Crippen molar-refractivity contribution >= 4 is 28.9 Å². The van der Waals surface area contributed by atoms with Crippen molar-refractivity contribution in [3.05, 3.63) is 52.3 Å². The first-order valence-corrected chi connectivity index (χ1v) is 10.1. The highest BCUT2D eigenvalue weighted by Crippen LogP contribution is 2.32. The van der Waals surface area contributed by atoms with Gasteiger partial charge in [0.05, 0.1) is 18.9 Å². The zero-order valence-corrected chi connectivity index (χ0v) is 17.7. The lowest BCUT2D eigenvalue weighted by atomic mass is 10.0. The molecular weight excluding hydrogens is 395 g/mol. The molecular formula is C22H26ClFN2O3. The Morgan fingerprint density at radius 2 is 2.00 bits per heavy atom. The Morgan fingerprint density at radius 3 is 2.66 bits per heavy atom. The predicted molar refractivity (Wildman–Crippen MR) is 114 cm³/mol. The molecule has 1 saturated heterocycles. The Kier molecular flexibility index (Phi) is 6.98. The van der Waals surface area contributed by atoms with E-state index in [-0.39, 0.29) is 24.2 Å². The summed E-state index contributed by atoms with van der Waals surface area (Å²) < 4.78 is 25.5. The molecule has 156 valence electrons. The molecule has 0 radical (unpaired) electrons. The fraction of sp³-hybridized carbons (Fsp3) is 0.409. The number of nitrogens with zero attached hydrogens (tertiary/aromatic N) is 1. The van der Waals surface area contributed by atoms with Gasteiger partial charge in [-0.15, -0.1) is 0 Å². The van der Waals surface area contributed by atoms with Crippen LogP contribution >= 0.6 is 11.6 Å². The van der Waals surface area contributed by atoms with Crippen LogP contribution in [-0.4, -0.2) is 38.8 Å². The number of halogens is 2. The Morgan fingerprint density at radius 1 is 1.28 bits per heavy atom. The summed E-state index contributed by atoms with van der Waals surface area (Å²) in [6.45, 7) is 8.24. The van der Waals surface area contributed by atoms with Crippen molar-refractivity contribution in [2.24, 2.45) is 0 Å². The molecule has 7 heteroatoms. The van der Waals surface area contributed by atoms with Crippen LogP contribution in [0.3, 0.4) is 0 Å². The fourth-order valence-electron chi connectivity index (χ4n) is 3.23. The van der Waals surface area contributed by atoms with Gasteiger partial charge in [-0.3, -0.25) is 4.79 Å². The molecule has 2 aromatic rings. The summed E-state index contributed by atoms with van der Waals surface area (Å²) in [6, 6.07) is 8.40. The number of carbonyl (C=O) groups excluding carboxylic acids is 1. The minimum atomic E-state index is -0.374. The van der Waals surface area contributed by atoms with E-state index in [1.54, 1.807) is 12.1 Å². The summed E-state index contributed by atoms with van der Waals surface area (Å²) in [4.78, 5) is 14.2. The Hall–Kier alpha value is -2.31. The van der Waals surface area contributed by atoms with E-state index in [0.29, 0.717) is 48.5 Å². The molecule has 5 nitrogen and oxygen atoms in total. The zero-order chi connectivity index (χ0) is 21.0. The quantitative estimate of drug-likeness (QED) is 0.731. The molecule has 1 amide bonds. The van der Waals surface area contributed by atoms with Crippen LogP contribution in [0, 0.1) is 12.7 Å². The lowest BCUT2D eigenvalue weighted by Gasteiger charge is -2.29. The smallest absolute Gasteiger partial charge is 0.262 e. The summed E-state index contributed by atoms with van der Waals surface area (Å²) >= 11 is 6.20. The molecule has 0 bridgehead atoms. The maximum atomic E-state index is 14.5. The number of amides is 1. The number of morpholine rings is 1. The third-order valence-corrected chi connectivity index (χ3v) is 5.26. The van der Waals surface area contributed by atoms with Crippen molar-refractivity contribution in [2.75, 3.05) is 43.1 Å². The summed E-state index contributed by atoms with van der Waals surface area (Å²) in [6.07, 6.45) is 0. The standard InChI is InChI=1S/C22H26ClFN2O3/c1-14(2)17-12-18(23)15(3)10-21(17)29-13-22(27)25-16-4-5-20(19(24)11-16)26-6-8-28-9-7-26/h4-5,10-12,14H,6-9,13H2,1-3H3,(H,25,27). The van der Waals surface area contributed by atoms with Crippen LogP contribution in [0.5, 0.6) is 5.75 Å². The van der Waals surface area contributed by atoms with Gasteiger partial charge in [-0.1, -0.05) is 25.4 Å². The fourth-order valence-corrected chi connectivity index (χ4v) is 3.40. The molecule has 0 spiro atoms. The van der Waals surface area contributed by atoms with E-state index in [0.717, 1.165) is 11.1 Å². The topological polar surface area (TPSA) is 50.8 Å². The second-order valence-electron chi connectivity index (χ2n) is 7.40. The van der Waals surface area contributed by atoms with Crippen LogP contribution in [0.2, 0.25) is 5.02 Å². The molecule has 0 saturated carbocycles. The second-order valence-corrected chi connectivity index (χ2v) is 7.80. The maximum absolute atomic E-state index is 14.5. The number of carbonyl (C=O) groups is 1. The molecule has 29 heavy (non-hydrogen) atoms. The van der Waals surface area contributed by atoms with Gasteiger partial charge in [-0.25, -0.2) is 4.39 Å². The Labute approximate surface area is 175 Å². The van der Waals surface area contributed by atoms with E-state index in [1.807, 2.05) is 37.8 Å². The van der Waals surface area contributed by atoms with Gasteiger partial charge in [-0.2, -0.15) is 0 Å². The third kappa shape index (κ3) is 5.40. The minimum Gasteiger partial charge on any atom is -0.483 e. The average molecular weight is 421 g/mol. The molecule has 0 atom stereocenters.